The van der Waals surface area contributed by atoms with E-state index in [1.54, 1.807) is 33.5 Å². The van der Waals surface area contributed by atoms with E-state index in [0.29, 0.717) is 29.4 Å². The number of rotatable bonds is 5. The van der Waals surface area contributed by atoms with Gasteiger partial charge in [-0.3, -0.25) is 4.79 Å². The van der Waals surface area contributed by atoms with Gasteiger partial charge < -0.3 is 24.0 Å². The van der Waals surface area contributed by atoms with Crippen LogP contribution in [0.25, 0.3) is 0 Å². The van der Waals surface area contributed by atoms with Gasteiger partial charge in [0.2, 0.25) is 5.75 Å². The van der Waals surface area contributed by atoms with Crippen LogP contribution in [-0.2, 0) is 6.42 Å². The fraction of sp³-hybridized carbons (Fsp3) is 0.435. The highest BCUT2D eigenvalue weighted by Gasteiger charge is 2.27. The summed E-state index contributed by atoms with van der Waals surface area (Å²) in [4.78, 5) is 17.8. The number of aryl methyl sites for hydroxylation is 1. The molecule has 6 heteroatoms. The average molecular weight is 396 g/mol. The number of carbonyl (C=O) groups is 1. The van der Waals surface area contributed by atoms with Crippen LogP contribution in [0.1, 0.15) is 35.2 Å². The molecular weight excluding hydrogens is 368 g/mol. The summed E-state index contributed by atoms with van der Waals surface area (Å²) in [7, 11) is 4.68. The van der Waals surface area contributed by atoms with E-state index < -0.39 is 0 Å². The Balaban J connectivity index is 1.71. The fourth-order valence-electron chi connectivity index (χ4n) is 4.31. The summed E-state index contributed by atoms with van der Waals surface area (Å²) in [5.74, 6) is 1.40. The molecule has 1 amide bonds. The maximum Gasteiger partial charge on any atom is 0.258 e. The van der Waals surface area contributed by atoms with E-state index in [2.05, 4.69) is 23.1 Å². The minimum atomic E-state index is -0.0521. The first-order valence-corrected chi connectivity index (χ1v) is 10.2. The van der Waals surface area contributed by atoms with Crippen LogP contribution < -0.4 is 24.0 Å². The van der Waals surface area contributed by atoms with Crippen LogP contribution in [0.2, 0.25) is 0 Å². The zero-order chi connectivity index (χ0) is 20.4. The maximum absolute atomic E-state index is 13.5. The molecule has 2 aromatic carbocycles. The van der Waals surface area contributed by atoms with Gasteiger partial charge in [-0.2, -0.15) is 0 Å². The van der Waals surface area contributed by atoms with Crippen LogP contribution in [0.5, 0.6) is 17.2 Å². The molecule has 2 heterocycles. The summed E-state index contributed by atoms with van der Waals surface area (Å²) in [6, 6.07) is 10.00. The third kappa shape index (κ3) is 3.59. The minimum absolute atomic E-state index is 0.0521. The van der Waals surface area contributed by atoms with Crippen LogP contribution in [0.4, 0.5) is 11.4 Å². The van der Waals surface area contributed by atoms with E-state index in [9.17, 15) is 4.79 Å². The summed E-state index contributed by atoms with van der Waals surface area (Å²) in [6.45, 7) is 2.87. The number of amides is 1. The molecule has 6 nitrogen and oxygen atoms in total. The van der Waals surface area contributed by atoms with Gasteiger partial charge in [0, 0.05) is 36.6 Å². The van der Waals surface area contributed by atoms with Crippen molar-refractivity contribution in [1.29, 1.82) is 0 Å². The van der Waals surface area contributed by atoms with Gasteiger partial charge in [-0.25, -0.2) is 0 Å². The molecule has 0 aliphatic carbocycles. The molecule has 0 bridgehead atoms. The van der Waals surface area contributed by atoms with Crippen molar-refractivity contribution < 1.29 is 19.0 Å². The van der Waals surface area contributed by atoms with Gasteiger partial charge in [0.25, 0.3) is 5.91 Å². The molecular formula is C23H28N2O4. The van der Waals surface area contributed by atoms with E-state index in [4.69, 9.17) is 14.2 Å². The smallest absolute Gasteiger partial charge is 0.258 e. The minimum Gasteiger partial charge on any atom is -0.493 e. The zero-order valence-corrected chi connectivity index (χ0v) is 17.4. The third-order valence-corrected chi connectivity index (χ3v) is 5.82. The van der Waals surface area contributed by atoms with Gasteiger partial charge in [0.1, 0.15) is 0 Å². The molecule has 1 saturated heterocycles. The molecule has 2 aliphatic rings. The molecule has 0 radical (unpaired) electrons. The van der Waals surface area contributed by atoms with Crippen molar-refractivity contribution in [2.75, 3.05) is 50.8 Å². The van der Waals surface area contributed by atoms with Crippen molar-refractivity contribution in [2.24, 2.45) is 0 Å². The Labute approximate surface area is 172 Å². The number of ether oxygens (including phenoxy) is 3. The van der Waals surface area contributed by atoms with Crippen LogP contribution in [0.15, 0.2) is 30.3 Å². The quantitative estimate of drug-likeness (QED) is 0.767. The molecule has 4 rings (SSSR count). The number of carbonyl (C=O) groups excluding carboxylic acids is 1. The lowest BCUT2D eigenvalue weighted by atomic mass is 9.99. The van der Waals surface area contributed by atoms with Crippen molar-refractivity contribution in [3.63, 3.8) is 0 Å². The van der Waals surface area contributed by atoms with Crippen LogP contribution in [0, 0.1) is 0 Å². The molecule has 2 aromatic rings. The molecule has 0 saturated carbocycles. The van der Waals surface area contributed by atoms with E-state index in [-0.39, 0.29) is 5.91 Å². The molecule has 2 aliphatic heterocycles. The van der Waals surface area contributed by atoms with Gasteiger partial charge in [-0.1, -0.05) is 6.07 Å². The van der Waals surface area contributed by atoms with Crippen molar-refractivity contribution >= 4 is 17.3 Å². The van der Waals surface area contributed by atoms with Crippen molar-refractivity contribution in [3.05, 3.63) is 41.5 Å². The number of benzene rings is 2. The fourth-order valence-corrected chi connectivity index (χ4v) is 4.31. The number of anilines is 2. The topological polar surface area (TPSA) is 51.2 Å². The Bertz CT molecular complexity index is 881. The molecule has 0 unspecified atom stereocenters. The monoisotopic (exact) mass is 396 g/mol. The number of hydrogen-bond acceptors (Lipinski definition) is 5. The first-order chi connectivity index (χ1) is 14.2. The molecule has 0 spiro atoms. The standard InChI is InChI=1S/C23H28N2O4/c1-27-20-13-17(14-21(28-2)22(20)29-3)23(26)25-12-6-7-16-8-9-18(15-19(16)25)24-10-4-5-11-24/h8-9,13-15H,4-7,10-12H2,1-3H3. The second-order valence-corrected chi connectivity index (χ2v) is 7.48. The molecule has 29 heavy (non-hydrogen) atoms. The summed E-state index contributed by atoms with van der Waals surface area (Å²) in [5.41, 5.74) is 3.96. The normalized spacial score (nSPS) is 15.8. The lowest BCUT2D eigenvalue weighted by Crippen LogP contribution is -2.35. The first-order valence-electron chi connectivity index (χ1n) is 10.2. The largest absolute Gasteiger partial charge is 0.493 e. The van der Waals surface area contributed by atoms with Gasteiger partial charge in [-0.05, 0) is 55.5 Å². The molecule has 154 valence electrons. The molecule has 0 aromatic heterocycles. The number of methoxy groups -OCH3 is 3. The summed E-state index contributed by atoms with van der Waals surface area (Å²) >= 11 is 0. The first kappa shape index (κ1) is 19.4. The van der Waals surface area contributed by atoms with Crippen molar-refractivity contribution in [2.45, 2.75) is 25.7 Å². The predicted octanol–water partition coefficient (Wildman–Crippen LogP) is 3.91. The van der Waals surface area contributed by atoms with Gasteiger partial charge >= 0.3 is 0 Å². The SMILES string of the molecule is COc1cc(C(=O)N2CCCc3ccc(N4CCCC4)cc32)cc(OC)c1OC. The number of nitrogens with zero attached hydrogens (tertiary/aromatic N) is 2. The molecule has 0 N–H and O–H groups in total. The van der Waals surface area contributed by atoms with Gasteiger partial charge in [0.05, 0.1) is 21.3 Å². The summed E-state index contributed by atoms with van der Waals surface area (Å²) in [5, 5.41) is 0. The zero-order valence-electron chi connectivity index (χ0n) is 17.4. The van der Waals surface area contributed by atoms with E-state index in [1.165, 1.54) is 24.1 Å². The van der Waals surface area contributed by atoms with E-state index >= 15 is 0 Å². The maximum atomic E-state index is 13.5. The second kappa shape index (κ2) is 8.23. The van der Waals surface area contributed by atoms with E-state index in [0.717, 1.165) is 31.6 Å². The van der Waals surface area contributed by atoms with Crippen LogP contribution in [-0.4, -0.2) is 46.9 Å². The Morgan fingerprint density at radius 1 is 0.862 bits per heavy atom. The second-order valence-electron chi connectivity index (χ2n) is 7.48. The lowest BCUT2D eigenvalue weighted by Gasteiger charge is -2.31. The Hall–Kier alpha value is -2.89. The average Bonchev–Trinajstić information content (AvgIpc) is 3.31. The highest BCUT2D eigenvalue weighted by atomic mass is 16.5. The van der Waals surface area contributed by atoms with Gasteiger partial charge in [-0.15, -0.1) is 0 Å². The number of fused-ring (bicyclic) bond motifs is 1. The van der Waals surface area contributed by atoms with Crippen molar-refractivity contribution in [3.8, 4) is 17.2 Å². The Morgan fingerprint density at radius 2 is 1.55 bits per heavy atom. The number of hydrogen-bond donors (Lipinski definition) is 0. The van der Waals surface area contributed by atoms with Crippen molar-refractivity contribution in [1.82, 2.24) is 0 Å². The summed E-state index contributed by atoms with van der Waals surface area (Å²) in [6.07, 6.45) is 4.40. The van der Waals surface area contributed by atoms with Crippen LogP contribution in [0.3, 0.4) is 0 Å². The highest BCUT2D eigenvalue weighted by Crippen LogP contribution is 2.40. The Morgan fingerprint density at radius 3 is 2.17 bits per heavy atom. The highest BCUT2D eigenvalue weighted by molar-refractivity contribution is 6.07. The summed E-state index contributed by atoms with van der Waals surface area (Å²) < 4.78 is 16.2. The molecule has 0 atom stereocenters. The third-order valence-electron chi connectivity index (χ3n) is 5.82. The lowest BCUT2D eigenvalue weighted by molar-refractivity contribution is 0.0984. The molecule has 1 fully saturated rings. The predicted molar refractivity (Wildman–Crippen MR) is 114 cm³/mol. The van der Waals surface area contributed by atoms with E-state index in [1.807, 2.05) is 4.90 Å². The van der Waals surface area contributed by atoms with Crippen LogP contribution >= 0.6 is 0 Å². The Kier molecular flexibility index (Phi) is 5.51. The van der Waals surface area contributed by atoms with Gasteiger partial charge in [0.15, 0.2) is 11.5 Å².